The molecule has 3 N–H and O–H groups in total. The molecule has 0 saturated carbocycles. The number of hydrogen-bond donors (Lipinski definition) is 2. The summed E-state index contributed by atoms with van der Waals surface area (Å²) in [6.07, 6.45) is 4.79. The predicted molar refractivity (Wildman–Crippen MR) is 99.1 cm³/mol. The van der Waals surface area contributed by atoms with Gasteiger partial charge >= 0.3 is 0 Å². The first-order chi connectivity index (χ1) is 12.7. The van der Waals surface area contributed by atoms with Crippen LogP contribution in [-0.2, 0) is 12.8 Å². The second-order valence-electron chi connectivity index (χ2n) is 6.31. The molecule has 0 radical (unpaired) electrons. The second kappa shape index (κ2) is 6.37. The van der Waals surface area contributed by atoms with Crippen molar-refractivity contribution in [3.63, 3.8) is 0 Å². The van der Waals surface area contributed by atoms with Crippen molar-refractivity contribution in [2.24, 2.45) is 0 Å². The number of anilines is 2. The van der Waals surface area contributed by atoms with Crippen LogP contribution in [0.2, 0.25) is 0 Å². The summed E-state index contributed by atoms with van der Waals surface area (Å²) < 4.78 is 1.47. The number of fused-ring (bicyclic) bond motifs is 1. The highest BCUT2D eigenvalue weighted by Crippen LogP contribution is 2.25. The number of aromatic nitrogens is 2. The molecule has 0 fully saturated rings. The minimum absolute atomic E-state index is 0.166. The lowest BCUT2D eigenvalue weighted by molar-refractivity contribution is 0.102. The molecule has 0 atom stereocenters. The van der Waals surface area contributed by atoms with Gasteiger partial charge in [0.2, 0.25) is 0 Å². The third kappa shape index (κ3) is 2.80. The number of carbonyl (C=O) groups is 1. The quantitative estimate of drug-likeness (QED) is 0.764. The summed E-state index contributed by atoms with van der Waals surface area (Å²) in [6, 6.07) is 15.0. The van der Waals surface area contributed by atoms with Gasteiger partial charge in [-0.05, 0) is 66.8 Å². The van der Waals surface area contributed by atoms with E-state index in [2.05, 4.69) is 22.5 Å². The van der Waals surface area contributed by atoms with Gasteiger partial charge in [-0.1, -0.05) is 6.07 Å². The monoisotopic (exact) mass is 343 g/mol. The fourth-order valence-corrected chi connectivity index (χ4v) is 3.26. The Hall–Kier alpha value is -3.59. The summed E-state index contributed by atoms with van der Waals surface area (Å²) in [5, 5.41) is 16.0. The van der Waals surface area contributed by atoms with Crippen molar-refractivity contribution in [3.8, 4) is 11.8 Å². The van der Waals surface area contributed by atoms with E-state index in [0.29, 0.717) is 16.8 Å². The first-order valence-corrected chi connectivity index (χ1v) is 8.43. The number of hydrogen-bond acceptors (Lipinski definition) is 4. The van der Waals surface area contributed by atoms with Crippen LogP contribution in [0.4, 0.5) is 11.5 Å². The summed E-state index contributed by atoms with van der Waals surface area (Å²) in [5.74, 6) is 0.114. The maximum absolute atomic E-state index is 12.5. The largest absolute Gasteiger partial charge is 0.382 e. The van der Waals surface area contributed by atoms with Crippen molar-refractivity contribution >= 4 is 17.4 Å². The second-order valence-corrected chi connectivity index (χ2v) is 6.31. The normalized spacial score (nSPS) is 12.4. The SMILES string of the molecule is N#Cc1cnn(-c2ccc(C(=O)Nc3ccc4c(c3)CCC4)cc2)c1N. The van der Waals surface area contributed by atoms with Crippen LogP contribution in [-0.4, -0.2) is 15.7 Å². The molecule has 6 nitrogen and oxygen atoms in total. The number of nitrogens with one attached hydrogen (secondary N) is 1. The average molecular weight is 343 g/mol. The van der Waals surface area contributed by atoms with Crippen LogP contribution in [0, 0.1) is 11.3 Å². The number of rotatable bonds is 3. The number of nitrogen functional groups attached to an aromatic ring is 1. The molecule has 0 spiro atoms. The summed E-state index contributed by atoms with van der Waals surface area (Å²) in [7, 11) is 0. The van der Waals surface area contributed by atoms with Crippen LogP contribution in [0.1, 0.15) is 33.5 Å². The zero-order valence-corrected chi connectivity index (χ0v) is 14.1. The van der Waals surface area contributed by atoms with Gasteiger partial charge in [-0.15, -0.1) is 0 Å². The van der Waals surface area contributed by atoms with Crippen molar-refractivity contribution in [3.05, 3.63) is 70.9 Å². The van der Waals surface area contributed by atoms with Crippen LogP contribution < -0.4 is 11.1 Å². The first-order valence-electron chi connectivity index (χ1n) is 8.43. The molecule has 128 valence electrons. The highest BCUT2D eigenvalue weighted by atomic mass is 16.1. The fraction of sp³-hybridized carbons (Fsp3) is 0.150. The van der Waals surface area contributed by atoms with Gasteiger partial charge in [0.05, 0.1) is 11.9 Å². The number of aryl methyl sites for hydroxylation is 2. The first kappa shape index (κ1) is 15.9. The minimum atomic E-state index is -0.166. The van der Waals surface area contributed by atoms with Crippen molar-refractivity contribution in [2.75, 3.05) is 11.1 Å². The number of carbonyl (C=O) groups excluding carboxylic acids is 1. The molecule has 0 aliphatic heterocycles. The molecule has 3 aromatic rings. The molecule has 6 heteroatoms. The molecule has 1 heterocycles. The van der Waals surface area contributed by atoms with E-state index in [1.165, 1.54) is 28.4 Å². The molecule has 0 saturated heterocycles. The van der Waals surface area contributed by atoms with Crippen LogP contribution in [0.5, 0.6) is 0 Å². The van der Waals surface area contributed by atoms with Gasteiger partial charge in [0.1, 0.15) is 17.5 Å². The van der Waals surface area contributed by atoms with E-state index < -0.39 is 0 Å². The van der Waals surface area contributed by atoms with E-state index in [0.717, 1.165) is 18.5 Å². The van der Waals surface area contributed by atoms with Crippen LogP contribution in [0.25, 0.3) is 5.69 Å². The molecule has 4 rings (SSSR count). The number of nitrogens with two attached hydrogens (primary N) is 1. The van der Waals surface area contributed by atoms with E-state index in [9.17, 15) is 4.79 Å². The van der Waals surface area contributed by atoms with Crippen LogP contribution >= 0.6 is 0 Å². The molecule has 26 heavy (non-hydrogen) atoms. The lowest BCUT2D eigenvalue weighted by Gasteiger charge is -2.09. The topological polar surface area (TPSA) is 96.7 Å². The molecule has 0 unspecified atom stereocenters. The standard InChI is InChI=1S/C20H17N5O/c21-11-16-12-23-25(19(16)22)18-8-5-14(6-9-18)20(26)24-17-7-4-13-2-1-3-15(13)10-17/h4-10,12H,1-3,22H2,(H,24,26). The number of nitrogens with zero attached hydrogens (tertiary/aromatic N) is 3. The molecule has 1 amide bonds. The average Bonchev–Trinajstić information content (AvgIpc) is 3.27. The van der Waals surface area contributed by atoms with Gasteiger partial charge < -0.3 is 11.1 Å². The molecule has 2 aromatic carbocycles. The zero-order chi connectivity index (χ0) is 18.1. The van der Waals surface area contributed by atoms with Crippen LogP contribution in [0.3, 0.4) is 0 Å². The van der Waals surface area contributed by atoms with Crippen molar-refractivity contribution in [1.29, 1.82) is 5.26 Å². The van der Waals surface area contributed by atoms with E-state index in [-0.39, 0.29) is 11.7 Å². The Balaban J connectivity index is 1.52. The van der Waals surface area contributed by atoms with Gasteiger partial charge in [0.25, 0.3) is 5.91 Å². The Labute approximate surface area is 150 Å². The Kier molecular flexibility index (Phi) is 3.90. The molecule has 1 aliphatic carbocycles. The summed E-state index contributed by atoms with van der Waals surface area (Å²) in [5.41, 5.74) is 11.0. The van der Waals surface area contributed by atoms with Crippen molar-refractivity contribution in [2.45, 2.75) is 19.3 Å². The minimum Gasteiger partial charge on any atom is -0.382 e. The number of benzene rings is 2. The van der Waals surface area contributed by atoms with E-state index in [1.807, 2.05) is 12.1 Å². The van der Waals surface area contributed by atoms with E-state index in [4.69, 9.17) is 11.0 Å². The molecule has 1 aliphatic rings. The maximum Gasteiger partial charge on any atom is 0.255 e. The van der Waals surface area contributed by atoms with Gasteiger partial charge in [0, 0.05) is 11.3 Å². The Morgan fingerprint density at radius 2 is 1.92 bits per heavy atom. The molecular weight excluding hydrogens is 326 g/mol. The fourth-order valence-electron chi connectivity index (χ4n) is 3.26. The molecule has 0 bridgehead atoms. The molecular formula is C20H17N5O. The summed E-state index contributed by atoms with van der Waals surface area (Å²) in [6.45, 7) is 0. The third-order valence-electron chi connectivity index (χ3n) is 4.66. The van der Waals surface area contributed by atoms with Gasteiger partial charge in [-0.3, -0.25) is 4.79 Å². The van der Waals surface area contributed by atoms with E-state index >= 15 is 0 Å². The smallest absolute Gasteiger partial charge is 0.255 e. The number of amides is 1. The van der Waals surface area contributed by atoms with Gasteiger partial charge in [-0.2, -0.15) is 10.4 Å². The van der Waals surface area contributed by atoms with E-state index in [1.54, 1.807) is 24.3 Å². The Morgan fingerprint density at radius 1 is 1.15 bits per heavy atom. The van der Waals surface area contributed by atoms with Crippen molar-refractivity contribution in [1.82, 2.24) is 9.78 Å². The third-order valence-corrected chi connectivity index (χ3v) is 4.66. The van der Waals surface area contributed by atoms with Crippen molar-refractivity contribution < 1.29 is 4.79 Å². The molecule has 1 aromatic heterocycles. The Bertz CT molecular complexity index is 1030. The maximum atomic E-state index is 12.5. The Morgan fingerprint density at radius 3 is 2.65 bits per heavy atom. The highest BCUT2D eigenvalue weighted by molar-refractivity contribution is 6.04. The lowest BCUT2D eigenvalue weighted by Crippen LogP contribution is -2.12. The predicted octanol–water partition coefficient (Wildman–Crippen LogP) is 3.07. The highest BCUT2D eigenvalue weighted by Gasteiger charge is 2.13. The lowest BCUT2D eigenvalue weighted by atomic mass is 10.1. The summed E-state index contributed by atoms with van der Waals surface area (Å²) in [4.78, 5) is 12.5. The van der Waals surface area contributed by atoms with Crippen LogP contribution in [0.15, 0.2) is 48.7 Å². The number of nitriles is 1. The van der Waals surface area contributed by atoms with Gasteiger partial charge in [-0.25, -0.2) is 4.68 Å². The zero-order valence-electron chi connectivity index (χ0n) is 14.1. The van der Waals surface area contributed by atoms with Gasteiger partial charge in [0.15, 0.2) is 0 Å². The summed E-state index contributed by atoms with van der Waals surface area (Å²) >= 11 is 0.